The third-order valence-electron chi connectivity index (χ3n) is 6.14. The highest BCUT2D eigenvalue weighted by Crippen LogP contribution is 2.46. The van der Waals surface area contributed by atoms with Crippen LogP contribution in [0.25, 0.3) is 11.3 Å². The minimum Gasteiger partial charge on any atom is -0.377 e. The third-order valence-corrected chi connectivity index (χ3v) is 6.14. The van der Waals surface area contributed by atoms with Crippen LogP contribution in [-0.2, 0) is 22.6 Å². The Labute approximate surface area is 169 Å². The van der Waals surface area contributed by atoms with Crippen LogP contribution >= 0.6 is 0 Å². The minimum absolute atomic E-state index is 0.0665. The van der Waals surface area contributed by atoms with Crippen LogP contribution in [0.5, 0.6) is 0 Å². The van der Waals surface area contributed by atoms with Crippen LogP contribution in [-0.4, -0.2) is 41.9 Å². The molecule has 5 nitrogen and oxygen atoms in total. The van der Waals surface area contributed by atoms with Crippen LogP contribution in [0.4, 0.5) is 27.9 Å². The molecule has 0 unspecified atom stereocenters. The molecule has 3 aliphatic rings. The molecule has 0 spiro atoms. The maximum atomic E-state index is 14.4. The molecule has 3 heterocycles. The van der Waals surface area contributed by atoms with Crippen molar-refractivity contribution < 1.29 is 26.7 Å². The fourth-order valence-electron chi connectivity index (χ4n) is 4.19. The van der Waals surface area contributed by atoms with Gasteiger partial charge in [-0.05, 0) is 18.4 Å². The topological polar surface area (TPSA) is 64.3 Å². The molecule has 10 heteroatoms. The van der Waals surface area contributed by atoms with Gasteiger partial charge in [0, 0.05) is 24.1 Å². The Bertz CT molecular complexity index is 988. The van der Waals surface area contributed by atoms with Crippen molar-refractivity contribution in [1.82, 2.24) is 9.97 Å². The smallest absolute Gasteiger partial charge is 0.377 e. The van der Waals surface area contributed by atoms with Crippen LogP contribution in [0.2, 0.25) is 0 Å². The third kappa shape index (κ3) is 2.96. The summed E-state index contributed by atoms with van der Waals surface area (Å²) in [5.74, 6) is -3.49. The number of halogens is 5. The molecule has 30 heavy (non-hydrogen) atoms. The Morgan fingerprint density at radius 2 is 1.80 bits per heavy atom. The highest BCUT2D eigenvalue weighted by molar-refractivity contribution is 5.68. The maximum absolute atomic E-state index is 14.4. The second kappa shape index (κ2) is 6.34. The molecule has 1 atom stereocenters. The number of anilines is 1. The summed E-state index contributed by atoms with van der Waals surface area (Å²) in [6.45, 7) is 0.849. The van der Waals surface area contributed by atoms with Crippen molar-refractivity contribution in [2.24, 2.45) is 5.73 Å². The fraction of sp³-hybridized carbons (Fsp3) is 0.500. The Hall–Kier alpha value is -2.33. The van der Waals surface area contributed by atoms with Gasteiger partial charge in [-0.25, -0.2) is 9.97 Å². The first-order chi connectivity index (χ1) is 14.1. The van der Waals surface area contributed by atoms with Gasteiger partial charge in [-0.1, -0.05) is 24.3 Å². The van der Waals surface area contributed by atoms with E-state index in [-0.39, 0.29) is 36.6 Å². The number of benzene rings is 1. The molecule has 5 rings (SSSR count). The van der Waals surface area contributed by atoms with E-state index < -0.39 is 35.8 Å². The standard InChI is InChI=1S/C20H19F5N4O/c21-19(22)7-5-13-15(11-1-3-12(4-2-11)18(26)9-30-10-18)27-17(28-16(13)19)29-8-6-14(29)20(23,24)25/h1-4,14H,5-10,26H2/t14-/m1/s1. The molecule has 2 fully saturated rings. The summed E-state index contributed by atoms with van der Waals surface area (Å²) in [5.41, 5.74) is 7.10. The summed E-state index contributed by atoms with van der Waals surface area (Å²) in [6.07, 6.45) is -4.94. The number of alkyl halides is 5. The van der Waals surface area contributed by atoms with Crippen LogP contribution in [0.15, 0.2) is 24.3 Å². The van der Waals surface area contributed by atoms with Crippen LogP contribution in [0.1, 0.15) is 29.7 Å². The van der Waals surface area contributed by atoms with Gasteiger partial charge in [0.25, 0.3) is 5.92 Å². The average Bonchev–Trinajstić information content (AvgIpc) is 2.92. The molecule has 1 aromatic heterocycles. The zero-order chi connectivity index (χ0) is 21.3. The van der Waals surface area contributed by atoms with E-state index in [0.29, 0.717) is 18.8 Å². The molecular formula is C20H19F5N4O. The first-order valence-corrected chi connectivity index (χ1v) is 9.69. The summed E-state index contributed by atoms with van der Waals surface area (Å²) < 4.78 is 73.7. The van der Waals surface area contributed by atoms with Gasteiger partial charge in [0.2, 0.25) is 5.95 Å². The van der Waals surface area contributed by atoms with E-state index in [2.05, 4.69) is 9.97 Å². The Balaban J connectivity index is 1.57. The van der Waals surface area contributed by atoms with Crippen molar-refractivity contribution in [2.45, 2.75) is 42.9 Å². The van der Waals surface area contributed by atoms with E-state index in [1.54, 1.807) is 24.3 Å². The Morgan fingerprint density at radius 3 is 2.33 bits per heavy atom. The second-order valence-corrected chi connectivity index (χ2v) is 8.17. The number of ether oxygens (including phenoxy) is 1. The van der Waals surface area contributed by atoms with Crippen molar-refractivity contribution >= 4 is 5.95 Å². The number of fused-ring (bicyclic) bond motifs is 1. The highest BCUT2D eigenvalue weighted by atomic mass is 19.4. The first kappa shape index (κ1) is 19.6. The van der Waals surface area contributed by atoms with Gasteiger partial charge in [-0.2, -0.15) is 22.0 Å². The normalized spacial score (nSPS) is 24.2. The lowest BCUT2D eigenvalue weighted by atomic mass is 9.88. The minimum atomic E-state index is -4.47. The zero-order valence-electron chi connectivity index (χ0n) is 15.8. The molecule has 1 aliphatic carbocycles. The van der Waals surface area contributed by atoms with E-state index in [1.807, 2.05) is 0 Å². The molecule has 2 aromatic rings. The van der Waals surface area contributed by atoms with Gasteiger partial charge in [-0.15, -0.1) is 0 Å². The molecule has 0 bridgehead atoms. The van der Waals surface area contributed by atoms with Crippen molar-refractivity contribution in [1.29, 1.82) is 0 Å². The maximum Gasteiger partial charge on any atom is 0.408 e. The monoisotopic (exact) mass is 426 g/mol. The lowest BCUT2D eigenvalue weighted by molar-refractivity contribution is -0.160. The van der Waals surface area contributed by atoms with E-state index in [0.717, 1.165) is 10.5 Å². The number of hydrogen-bond acceptors (Lipinski definition) is 5. The largest absolute Gasteiger partial charge is 0.408 e. The molecule has 0 radical (unpaired) electrons. The van der Waals surface area contributed by atoms with Crippen LogP contribution in [0, 0.1) is 0 Å². The van der Waals surface area contributed by atoms with Crippen molar-refractivity contribution in [2.75, 3.05) is 24.7 Å². The van der Waals surface area contributed by atoms with Gasteiger partial charge in [-0.3, -0.25) is 0 Å². The molecule has 0 saturated carbocycles. The summed E-state index contributed by atoms with van der Waals surface area (Å²) >= 11 is 0. The quantitative estimate of drug-likeness (QED) is 0.762. The molecular weight excluding hydrogens is 407 g/mol. The Morgan fingerprint density at radius 1 is 1.10 bits per heavy atom. The number of hydrogen-bond donors (Lipinski definition) is 1. The average molecular weight is 426 g/mol. The van der Waals surface area contributed by atoms with Gasteiger partial charge < -0.3 is 15.4 Å². The van der Waals surface area contributed by atoms with Gasteiger partial charge in [0.15, 0.2) is 0 Å². The van der Waals surface area contributed by atoms with E-state index in [9.17, 15) is 22.0 Å². The fourth-order valence-corrected chi connectivity index (χ4v) is 4.19. The number of nitrogens with two attached hydrogens (primary N) is 1. The molecule has 1 aromatic carbocycles. The number of aromatic nitrogens is 2. The van der Waals surface area contributed by atoms with E-state index in [1.165, 1.54) is 0 Å². The van der Waals surface area contributed by atoms with Gasteiger partial charge in [0.05, 0.1) is 24.4 Å². The number of nitrogens with zero attached hydrogens (tertiary/aromatic N) is 3. The SMILES string of the molecule is NC1(c2ccc(-c3nc(N4CC[C@@H]4C(F)(F)F)nc4c3CCC4(F)F)cc2)COC1. The second-order valence-electron chi connectivity index (χ2n) is 8.17. The molecule has 160 valence electrons. The van der Waals surface area contributed by atoms with Gasteiger partial charge >= 0.3 is 6.18 Å². The van der Waals surface area contributed by atoms with Gasteiger partial charge in [0.1, 0.15) is 11.7 Å². The van der Waals surface area contributed by atoms with Crippen LogP contribution < -0.4 is 10.6 Å². The summed E-state index contributed by atoms with van der Waals surface area (Å²) in [7, 11) is 0. The molecule has 0 amide bonds. The molecule has 2 N–H and O–H groups in total. The van der Waals surface area contributed by atoms with E-state index in [4.69, 9.17) is 10.5 Å². The van der Waals surface area contributed by atoms with Crippen LogP contribution in [0.3, 0.4) is 0 Å². The first-order valence-electron chi connectivity index (χ1n) is 9.69. The Kier molecular flexibility index (Phi) is 4.14. The molecule has 2 saturated heterocycles. The predicted octanol–water partition coefficient (Wildman–Crippen LogP) is 3.51. The van der Waals surface area contributed by atoms with Crippen molar-refractivity contribution in [3.8, 4) is 11.3 Å². The summed E-state index contributed by atoms with van der Waals surface area (Å²) in [4.78, 5) is 9.15. The zero-order valence-corrected chi connectivity index (χ0v) is 15.8. The van der Waals surface area contributed by atoms with E-state index >= 15 is 0 Å². The lowest BCUT2D eigenvalue weighted by Gasteiger charge is -2.42. The van der Waals surface area contributed by atoms with Crippen molar-refractivity contribution in [3.63, 3.8) is 0 Å². The highest BCUT2D eigenvalue weighted by Gasteiger charge is 2.51. The summed E-state index contributed by atoms with van der Waals surface area (Å²) in [5, 5.41) is 0. The predicted molar refractivity (Wildman–Crippen MR) is 98.2 cm³/mol. The van der Waals surface area contributed by atoms with Crippen molar-refractivity contribution in [3.05, 3.63) is 41.1 Å². The summed E-state index contributed by atoms with van der Waals surface area (Å²) in [6, 6.07) is 5.23. The molecule has 2 aliphatic heterocycles. The lowest BCUT2D eigenvalue weighted by Crippen LogP contribution is -2.56. The number of rotatable bonds is 3.